The van der Waals surface area contributed by atoms with Crippen molar-refractivity contribution in [1.29, 1.82) is 0 Å². The normalized spacial score (nSPS) is 13.3. The van der Waals surface area contributed by atoms with Crippen LogP contribution in [0.15, 0.2) is 3.21 Å². The molecule has 2 nitrogen and oxygen atoms in total. The average Bonchev–Trinajstić information content (AvgIpc) is 1.97. The number of nitrogens with zero attached hydrogens (tertiary/aromatic N) is 2. The minimum absolute atomic E-state index is 0.322. The first-order valence-corrected chi connectivity index (χ1v) is 5.95. The van der Waals surface area contributed by atoms with Crippen LogP contribution in [0.1, 0.15) is 34.1 Å². The molecule has 0 amide bonds. The predicted molar refractivity (Wildman–Crippen MR) is 71.9 cm³/mol. The minimum Gasteiger partial charge on any atom is -0.303 e. The Labute approximate surface area is 103 Å². The summed E-state index contributed by atoms with van der Waals surface area (Å²) in [5.41, 5.74) is 0.322. The molecule has 0 aromatic rings. The van der Waals surface area contributed by atoms with Gasteiger partial charge in [-0.15, -0.1) is 0 Å². The maximum Gasteiger partial charge on any atom is 0.120 e. The second-order valence-electron chi connectivity index (χ2n) is 3.92. The Morgan fingerprint density at radius 2 is 1.92 bits per heavy atom. The number of amidine groups is 1. The first-order chi connectivity index (χ1) is 5.40. The Balaban J connectivity index is 4.21. The molecule has 0 aromatic carbocycles. The third-order valence-electron chi connectivity index (χ3n) is 1.34. The van der Waals surface area contributed by atoms with Gasteiger partial charge in [0.15, 0.2) is 0 Å². The van der Waals surface area contributed by atoms with Gasteiger partial charge >= 0.3 is 0 Å². The lowest BCUT2D eigenvalue weighted by Gasteiger charge is -2.23. The molecule has 0 aromatic heterocycles. The van der Waals surface area contributed by atoms with Crippen molar-refractivity contribution >= 4 is 51.6 Å². The Morgan fingerprint density at radius 3 is 2.17 bits per heavy atom. The summed E-state index contributed by atoms with van der Waals surface area (Å²) in [4.78, 5) is 0. The van der Waals surface area contributed by atoms with Crippen LogP contribution in [0.2, 0.25) is 0 Å². The van der Waals surface area contributed by atoms with Crippen LogP contribution >= 0.6 is 45.7 Å². The van der Waals surface area contributed by atoms with E-state index >= 15 is 0 Å². The van der Waals surface area contributed by atoms with Crippen LogP contribution in [0.4, 0.5) is 0 Å². The lowest BCUT2D eigenvalue weighted by molar-refractivity contribution is 0.424. The van der Waals surface area contributed by atoms with Gasteiger partial charge in [-0.05, 0) is 12.3 Å². The van der Waals surface area contributed by atoms with Gasteiger partial charge in [0.05, 0.1) is 45.7 Å². The largest absolute Gasteiger partial charge is 0.303 e. The summed E-state index contributed by atoms with van der Waals surface area (Å²) < 4.78 is 6.41. The molecule has 72 valence electrons. The third-order valence-corrected chi connectivity index (χ3v) is 3.14. The van der Waals surface area contributed by atoms with Crippen molar-refractivity contribution in [3.63, 3.8) is 0 Å². The topological polar surface area (TPSA) is 15.6 Å². The van der Waals surface area contributed by atoms with E-state index in [1.54, 1.807) is 0 Å². The Morgan fingerprint density at radius 1 is 1.42 bits per heavy atom. The summed E-state index contributed by atoms with van der Waals surface area (Å²) >= 11 is 4.37. The van der Waals surface area contributed by atoms with Crippen molar-refractivity contribution in [3.8, 4) is 0 Å². The molecule has 0 atom stereocenters. The molecule has 0 fully saturated rings. The average molecular weight is 394 g/mol. The zero-order valence-electron chi connectivity index (χ0n) is 8.06. The number of hydrogen-bond acceptors (Lipinski definition) is 1. The molecule has 12 heavy (non-hydrogen) atoms. The van der Waals surface area contributed by atoms with Crippen LogP contribution in [-0.2, 0) is 0 Å². The smallest absolute Gasteiger partial charge is 0.120 e. The van der Waals surface area contributed by atoms with Crippen LogP contribution in [-0.4, -0.2) is 15.5 Å². The lowest BCUT2D eigenvalue weighted by Crippen LogP contribution is -2.25. The number of rotatable bonds is 2. The molecule has 0 saturated heterocycles. The highest BCUT2D eigenvalue weighted by Crippen LogP contribution is 2.22. The maximum absolute atomic E-state index is 4.25. The standard InChI is InChI=1S/C8H16I2N2/c1-5-12(10)7(11-9)6-8(2,3)4/h5-6H2,1-4H3/b11-7-. The van der Waals surface area contributed by atoms with Crippen LogP contribution in [0.25, 0.3) is 0 Å². The van der Waals surface area contributed by atoms with Crippen molar-refractivity contribution in [1.82, 2.24) is 3.11 Å². The molecule has 0 radical (unpaired) electrons. The summed E-state index contributed by atoms with van der Waals surface area (Å²) in [6, 6.07) is 0. The van der Waals surface area contributed by atoms with Gasteiger partial charge in [-0.3, -0.25) is 0 Å². The molecule has 0 aliphatic carbocycles. The molecule has 0 rings (SSSR count). The second-order valence-corrected chi connectivity index (χ2v) is 5.56. The van der Waals surface area contributed by atoms with Crippen LogP contribution < -0.4 is 0 Å². The fraction of sp³-hybridized carbons (Fsp3) is 0.875. The lowest BCUT2D eigenvalue weighted by atomic mass is 9.92. The van der Waals surface area contributed by atoms with Crippen molar-refractivity contribution in [2.24, 2.45) is 8.62 Å². The van der Waals surface area contributed by atoms with Gasteiger partial charge in [0.2, 0.25) is 0 Å². The molecule has 0 heterocycles. The minimum atomic E-state index is 0.322. The fourth-order valence-corrected chi connectivity index (χ4v) is 1.94. The highest BCUT2D eigenvalue weighted by atomic mass is 127. The van der Waals surface area contributed by atoms with E-state index in [0.717, 1.165) is 13.0 Å². The third kappa shape index (κ3) is 5.55. The van der Waals surface area contributed by atoms with Gasteiger partial charge in [0, 0.05) is 13.0 Å². The van der Waals surface area contributed by atoms with E-state index in [1.165, 1.54) is 5.84 Å². The Kier molecular flexibility index (Phi) is 6.05. The van der Waals surface area contributed by atoms with E-state index in [9.17, 15) is 0 Å². The van der Waals surface area contributed by atoms with Crippen LogP contribution in [0.3, 0.4) is 0 Å². The van der Waals surface area contributed by atoms with Gasteiger partial charge in [0.25, 0.3) is 0 Å². The molecule has 0 unspecified atom stereocenters. The van der Waals surface area contributed by atoms with Gasteiger partial charge in [-0.1, -0.05) is 20.8 Å². The molecule has 0 aliphatic heterocycles. The first kappa shape index (κ1) is 12.9. The van der Waals surface area contributed by atoms with E-state index in [0.29, 0.717) is 5.41 Å². The van der Waals surface area contributed by atoms with Crippen molar-refractivity contribution < 1.29 is 0 Å². The van der Waals surface area contributed by atoms with Crippen molar-refractivity contribution in [2.75, 3.05) is 6.54 Å². The van der Waals surface area contributed by atoms with Crippen LogP contribution in [0, 0.1) is 5.41 Å². The SMILES string of the molecule is CCN(I)/C(CC(C)(C)C)=N\I. The van der Waals surface area contributed by atoms with E-state index in [1.807, 2.05) is 0 Å². The van der Waals surface area contributed by atoms with E-state index in [2.05, 4.69) is 79.7 Å². The van der Waals surface area contributed by atoms with E-state index in [-0.39, 0.29) is 0 Å². The Bertz CT molecular complexity index is 161. The molecule has 4 heteroatoms. The van der Waals surface area contributed by atoms with E-state index in [4.69, 9.17) is 0 Å². The van der Waals surface area contributed by atoms with Gasteiger partial charge < -0.3 is 3.11 Å². The molecule has 0 spiro atoms. The summed E-state index contributed by atoms with van der Waals surface area (Å²) in [6.45, 7) is 9.84. The predicted octanol–water partition coefficient (Wildman–Crippen LogP) is 3.84. The number of halogens is 2. The van der Waals surface area contributed by atoms with Gasteiger partial charge in [-0.2, -0.15) is 0 Å². The Hall–Kier alpha value is 0.930. The molecule has 0 saturated carbocycles. The zero-order valence-corrected chi connectivity index (χ0v) is 12.4. The monoisotopic (exact) mass is 394 g/mol. The molecular formula is C8H16I2N2. The van der Waals surface area contributed by atoms with E-state index < -0.39 is 0 Å². The number of hydrogen-bond donors (Lipinski definition) is 0. The second kappa shape index (κ2) is 5.62. The highest BCUT2D eigenvalue weighted by molar-refractivity contribution is 14.1. The maximum atomic E-state index is 4.25. The van der Waals surface area contributed by atoms with Gasteiger partial charge in [-0.25, -0.2) is 3.21 Å². The molecule has 0 bridgehead atoms. The molecule has 0 N–H and O–H groups in total. The molecular weight excluding hydrogens is 378 g/mol. The summed E-state index contributed by atoms with van der Waals surface area (Å²) in [6.07, 6.45) is 1.03. The highest BCUT2D eigenvalue weighted by Gasteiger charge is 2.16. The quantitative estimate of drug-likeness (QED) is 0.301. The molecule has 0 aliphatic rings. The van der Waals surface area contributed by atoms with Crippen molar-refractivity contribution in [3.05, 3.63) is 0 Å². The summed E-state index contributed by atoms with van der Waals surface area (Å²) in [5, 5.41) is 0. The summed E-state index contributed by atoms with van der Waals surface area (Å²) in [5.74, 6) is 1.17. The first-order valence-electron chi connectivity index (χ1n) is 4.02. The zero-order chi connectivity index (χ0) is 9.78. The fourth-order valence-electron chi connectivity index (χ4n) is 0.814. The summed E-state index contributed by atoms with van der Waals surface area (Å²) in [7, 11) is 0. The van der Waals surface area contributed by atoms with Crippen molar-refractivity contribution in [2.45, 2.75) is 34.1 Å². The van der Waals surface area contributed by atoms with Gasteiger partial charge in [0.1, 0.15) is 5.84 Å². The van der Waals surface area contributed by atoms with Crippen LogP contribution in [0.5, 0.6) is 0 Å².